The molecule has 4 heteroatoms. The average Bonchev–Trinajstić information content (AvgIpc) is 2.85. The van der Waals surface area contributed by atoms with Crippen molar-refractivity contribution in [3.63, 3.8) is 0 Å². The summed E-state index contributed by atoms with van der Waals surface area (Å²) in [6.45, 7) is 9.22. The van der Waals surface area contributed by atoms with Crippen molar-refractivity contribution in [2.24, 2.45) is 0 Å². The zero-order valence-electron chi connectivity index (χ0n) is 12.7. The second kappa shape index (κ2) is 6.21. The zero-order valence-corrected chi connectivity index (χ0v) is 12.7. The van der Waals surface area contributed by atoms with E-state index in [1.807, 2.05) is 14.0 Å². The minimum Gasteiger partial charge on any atom is -0.303 e. The topological polar surface area (TPSA) is 42.3 Å². The van der Waals surface area contributed by atoms with Crippen LogP contribution in [-0.2, 0) is 0 Å². The summed E-state index contributed by atoms with van der Waals surface area (Å²) < 4.78 is 0. The molecular weight excluding hydrogens is 236 g/mol. The first-order valence-electron chi connectivity index (χ1n) is 7.66. The summed E-state index contributed by atoms with van der Waals surface area (Å²) in [4.78, 5) is 5.29. The highest BCUT2D eigenvalue weighted by Crippen LogP contribution is 2.25. The third-order valence-electron chi connectivity index (χ3n) is 4.99. The van der Waals surface area contributed by atoms with Crippen LogP contribution in [0.5, 0.6) is 0 Å². The van der Waals surface area contributed by atoms with E-state index in [1.165, 1.54) is 32.5 Å². The Hall–Kier alpha value is -0.630. The van der Waals surface area contributed by atoms with Crippen LogP contribution < -0.4 is 5.32 Å². The maximum absolute atomic E-state index is 9.16. The molecule has 19 heavy (non-hydrogen) atoms. The van der Waals surface area contributed by atoms with Gasteiger partial charge in [-0.15, -0.1) is 0 Å². The fraction of sp³-hybridized carbons (Fsp3) is 0.933. The first kappa shape index (κ1) is 14.8. The summed E-state index contributed by atoms with van der Waals surface area (Å²) in [6, 6.07) is 3.83. The van der Waals surface area contributed by atoms with Gasteiger partial charge in [-0.25, -0.2) is 0 Å². The summed E-state index contributed by atoms with van der Waals surface area (Å²) in [6.07, 6.45) is 4.77. The van der Waals surface area contributed by atoms with Crippen LogP contribution in [0.15, 0.2) is 0 Å². The number of rotatable bonds is 5. The van der Waals surface area contributed by atoms with Gasteiger partial charge in [0, 0.05) is 25.2 Å². The minimum atomic E-state index is -0.363. The summed E-state index contributed by atoms with van der Waals surface area (Å²) in [5.74, 6) is 0. The monoisotopic (exact) mass is 264 g/mol. The average molecular weight is 264 g/mol. The summed E-state index contributed by atoms with van der Waals surface area (Å²) in [7, 11) is 1.88. The van der Waals surface area contributed by atoms with Gasteiger partial charge >= 0.3 is 0 Å². The van der Waals surface area contributed by atoms with Gasteiger partial charge in [0.15, 0.2) is 0 Å². The van der Waals surface area contributed by atoms with E-state index >= 15 is 0 Å². The highest BCUT2D eigenvalue weighted by atomic mass is 15.3. The molecule has 0 aromatic heterocycles. The Labute approximate surface area is 117 Å². The van der Waals surface area contributed by atoms with Gasteiger partial charge in [0.25, 0.3) is 0 Å². The number of fused-ring (bicyclic) bond motifs is 1. The van der Waals surface area contributed by atoms with Crippen LogP contribution in [0.2, 0.25) is 0 Å². The molecule has 0 amide bonds. The molecule has 3 atom stereocenters. The van der Waals surface area contributed by atoms with Crippen molar-refractivity contribution in [2.45, 2.75) is 57.2 Å². The first-order chi connectivity index (χ1) is 9.08. The maximum atomic E-state index is 9.16. The number of nitrogens with zero attached hydrogens (tertiary/aromatic N) is 3. The summed E-state index contributed by atoms with van der Waals surface area (Å²) in [5, 5.41) is 12.3. The molecule has 0 bridgehead atoms. The Morgan fingerprint density at radius 3 is 2.89 bits per heavy atom. The molecule has 2 aliphatic rings. The Morgan fingerprint density at radius 1 is 1.42 bits per heavy atom. The van der Waals surface area contributed by atoms with Crippen molar-refractivity contribution in [3.05, 3.63) is 0 Å². The van der Waals surface area contributed by atoms with Crippen LogP contribution in [0.1, 0.15) is 39.5 Å². The van der Waals surface area contributed by atoms with Crippen molar-refractivity contribution in [2.75, 3.05) is 33.2 Å². The predicted octanol–water partition coefficient (Wildman–Crippen LogP) is 1.44. The summed E-state index contributed by atoms with van der Waals surface area (Å²) >= 11 is 0. The fourth-order valence-corrected chi connectivity index (χ4v) is 3.43. The molecule has 0 radical (unpaired) electrons. The van der Waals surface area contributed by atoms with Crippen molar-refractivity contribution in [1.29, 1.82) is 5.26 Å². The highest BCUT2D eigenvalue weighted by molar-refractivity contribution is 5.02. The van der Waals surface area contributed by atoms with E-state index in [9.17, 15) is 0 Å². The highest BCUT2D eigenvalue weighted by Gasteiger charge is 2.34. The van der Waals surface area contributed by atoms with E-state index in [1.54, 1.807) is 0 Å². The standard InChI is InChI=1S/C15H28N4/c1-13-10-19-8-4-6-14(19)11-18(13)9-5-7-15(2,12-16)17-3/h13-14,17H,4-11H2,1-3H3. The Bertz CT molecular complexity index is 338. The quantitative estimate of drug-likeness (QED) is 0.816. The van der Waals surface area contributed by atoms with Gasteiger partial charge in [0.2, 0.25) is 0 Å². The predicted molar refractivity (Wildman–Crippen MR) is 77.9 cm³/mol. The van der Waals surface area contributed by atoms with Crippen LogP contribution in [0.3, 0.4) is 0 Å². The SMILES string of the molecule is CNC(C)(C#N)CCCN1CC2CCCN2CC1C. The second-order valence-electron chi connectivity index (χ2n) is 6.43. The Kier molecular flexibility index (Phi) is 4.83. The smallest absolute Gasteiger partial charge is 0.103 e. The van der Waals surface area contributed by atoms with Crippen LogP contribution in [-0.4, -0.2) is 60.6 Å². The number of hydrogen-bond donors (Lipinski definition) is 1. The molecule has 2 rings (SSSR count). The van der Waals surface area contributed by atoms with Crippen molar-refractivity contribution < 1.29 is 0 Å². The van der Waals surface area contributed by atoms with Crippen LogP contribution >= 0.6 is 0 Å². The molecule has 4 nitrogen and oxygen atoms in total. The largest absolute Gasteiger partial charge is 0.303 e. The summed E-state index contributed by atoms with van der Waals surface area (Å²) in [5.41, 5.74) is -0.363. The maximum Gasteiger partial charge on any atom is 0.103 e. The van der Waals surface area contributed by atoms with Gasteiger partial charge in [0.1, 0.15) is 5.54 Å². The first-order valence-corrected chi connectivity index (χ1v) is 7.66. The Morgan fingerprint density at radius 2 is 2.21 bits per heavy atom. The molecule has 2 aliphatic heterocycles. The molecule has 0 saturated carbocycles. The van der Waals surface area contributed by atoms with Gasteiger partial charge in [-0.2, -0.15) is 5.26 Å². The van der Waals surface area contributed by atoms with E-state index in [0.717, 1.165) is 25.4 Å². The lowest BCUT2D eigenvalue weighted by Gasteiger charge is -2.42. The van der Waals surface area contributed by atoms with Crippen LogP contribution in [0.4, 0.5) is 0 Å². The van der Waals surface area contributed by atoms with E-state index in [2.05, 4.69) is 28.1 Å². The van der Waals surface area contributed by atoms with Crippen molar-refractivity contribution in [1.82, 2.24) is 15.1 Å². The molecule has 3 unspecified atom stereocenters. The van der Waals surface area contributed by atoms with E-state index in [0.29, 0.717) is 6.04 Å². The third kappa shape index (κ3) is 3.47. The molecule has 0 spiro atoms. The molecule has 2 saturated heterocycles. The molecule has 0 aromatic rings. The lowest BCUT2D eigenvalue weighted by molar-refractivity contribution is 0.0575. The number of nitriles is 1. The molecule has 108 valence electrons. The van der Waals surface area contributed by atoms with E-state index in [-0.39, 0.29) is 5.54 Å². The lowest BCUT2D eigenvalue weighted by atomic mass is 9.97. The van der Waals surface area contributed by atoms with E-state index in [4.69, 9.17) is 5.26 Å². The lowest BCUT2D eigenvalue weighted by Crippen LogP contribution is -2.55. The Balaban J connectivity index is 1.78. The minimum absolute atomic E-state index is 0.363. The molecule has 2 fully saturated rings. The zero-order chi connectivity index (χ0) is 13.9. The third-order valence-corrected chi connectivity index (χ3v) is 4.99. The normalized spacial score (nSPS) is 31.7. The molecule has 2 heterocycles. The van der Waals surface area contributed by atoms with Crippen LogP contribution in [0, 0.1) is 11.3 Å². The van der Waals surface area contributed by atoms with Gasteiger partial charge in [-0.3, -0.25) is 9.80 Å². The molecule has 1 N–H and O–H groups in total. The van der Waals surface area contributed by atoms with Crippen molar-refractivity contribution in [3.8, 4) is 6.07 Å². The number of piperazine rings is 1. The van der Waals surface area contributed by atoms with Gasteiger partial charge in [-0.1, -0.05) is 0 Å². The van der Waals surface area contributed by atoms with Gasteiger partial charge < -0.3 is 5.32 Å². The fourth-order valence-electron chi connectivity index (χ4n) is 3.43. The molecule has 0 aliphatic carbocycles. The second-order valence-corrected chi connectivity index (χ2v) is 6.43. The van der Waals surface area contributed by atoms with Crippen molar-refractivity contribution >= 4 is 0 Å². The van der Waals surface area contributed by atoms with E-state index < -0.39 is 0 Å². The van der Waals surface area contributed by atoms with Crippen LogP contribution in [0.25, 0.3) is 0 Å². The van der Waals surface area contributed by atoms with Gasteiger partial charge in [0.05, 0.1) is 6.07 Å². The molecular formula is C15H28N4. The van der Waals surface area contributed by atoms with Gasteiger partial charge in [-0.05, 0) is 59.7 Å². The number of nitrogens with one attached hydrogen (secondary N) is 1. The molecule has 0 aromatic carbocycles. The number of hydrogen-bond acceptors (Lipinski definition) is 4.